The molecule has 410 valence electrons. The summed E-state index contributed by atoms with van der Waals surface area (Å²) in [6.07, 6.45) is -9.67. The molecule has 0 unspecified atom stereocenters. The number of aliphatic hydroxyl groups is 5. The first-order valence-electron chi connectivity index (χ1n) is 25.7. The average molecular weight is 1030 g/mol. The van der Waals surface area contributed by atoms with Crippen molar-refractivity contribution in [2.24, 2.45) is 23.7 Å². The molecular weight excluding hydrogens is 951 g/mol. The minimum atomic E-state index is -2.05. The average Bonchev–Trinajstić information content (AvgIpc) is 3.96. The molecule has 2 aromatic rings. The smallest absolute Gasteiger partial charge is 0.414 e. The van der Waals surface area contributed by atoms with E-state index in [4.69, 9.17) is 33.2 Å². The molecule has 0 aliphatic carbocycles. The van der Waals surface area contributed by atoms with Gasteiger partial charge in [0.1, 0.15) is 35.8 Å². The molecule has 0 radical (unpaired) electrons. The quantitative estimate of drug-likeness (QED) is 0.134. The Morgan fingerprint density at radius 1 is 0.918 bits per heavy atom. The second-order valence-corrected chi connectivity index (χ2v) is 21.9. The molecule has 21 nitrogen and oxygen atoms in total. The molecule has 1 amide bonds. The molecule has 5 N–H and O–H groups in total. The highest BCUT2D eigenvalue weighted by Crippen LogP contribution is 2.41. The Morgan fingerprint density at radius 3 is 2.22 bits per heavy atom. The largest absolute Gasteiger partial charge is 0.459 e. The van der Waals surface area contributed by atoms with Crippen molar-refractivity contribution in [2.75, 3.05) is 32.1 Å². The number of anilines is 1. The number of likely N-dealkylation sites (N-methyl/N-ethyl adjacent to an activating group) is 1. The van der Waals surface area contributed by atoms with Crippen LogP contribution in [0.2, 0.25) is 0 Å². The number of cyclic esters (lactones) is 2. The summed E-state index contributed by atoms with van der Waals surface area (Å²) >= 11 is 0. The van der Waals surface area contributed by atoms with Crippen molar-refractivity contribution in [3.8, 4) is 0 Å². The number of aromatic nitrogens is 3. The monoisotopic (exact) mass is 1030 g/mol. The fourth-order valence-electron chi connectivity index (χ4n) is 11.2. The molecule has 4 aliphatic rings. The van der Waals surface area contributed by atoms with Crippen LogP contribution in [0.25, 0.3) is 0 Å². The molecule has 0 bridgehead atoms. The van der Waals surface area contributed by atoms with E-state index in [1.165, 1.54) is 39.7 Å². The van der Waals surface area contributed by atoms with Crippen molar-refractivity contribution in [3.63, 3.8) is 0 Å². The number of hydrogen-bond acceptors (Lipinski definition) is 19. The molecule has 21 heteroatoms. The molecule has 4 saturated heterocycles. The lowest BCUT2D eigenvalue weighted by molar-refractivity contribution is -0.318. The molecule has 4 fully saturated rings. The first-order valence-corrected chi connectivity index (χ1v) is 25.7. The van der Waals surface area contributed by atoms with E-state index >= 15 is 0 Å². The van der Waals surface area contributed by atoms with E-state index in [9.17, 15) is 44.7 Å². The Labute approximate surface area is 428 Å². The second-order valence-electron chi connectivity index (χ2n) is 21.9. The Kier molecular flexibility index (Phi) is 18.7. The van der Waals surface area contributed by atoms with E-state index in [-0.39, 0.29) is 38.1 Å². The maximum absolute atomic E-state index is 14.4. The zero-order valence-electron chi connectivity index (χ0n) is 44.7. The number of benzene rings is 1. The summed E-state index contributed by atoms with van der Waals surface area (Å²) in [5.41, 5.74) is -3.23. The van der Waals surface area contributed by atoms with Crippen molar-refractivity contribution in [3.05, 3.63) is 41.7 Å². The Balaban J connectivity index is 1.22. The van der Waals surface area contributed by atoms with E-state index in [1.54, 1.807) is 76.7 Å². The van der Waals surface area contributed by atoms with Crippen LogP contribution in [-0.4, -0.2) is 187 Å². The maximum atomic E-state index is 14.4. The summed E-state index contributed by atoms with van der Waals surface area (Å²) in [6, 6.07) is 6.24. The van der Waals surface area contributed by atoms with Crippen molar-refractivity contribution in [1.29, 1.82) is 0 Å². The van der Waals surface area contributed by atoms with Crippen LogP contribution in [0.5, 0.6) is 0 Å². The van der Waals surface area contributed by atoms with E-state index in [0.717, 1.165) is 0 Å². The Bertz CT molecular complexity index is 2210. The van der Waals surface area contributed by atoms with Crippen LogP contribution >= 0.6 is 0 Å². The second kappa shape index (κ2) is 23.5. The van der Waals surface area contributed by atoms with Crippen molar-refractivity contribution >= 4 is 29.3 Å². The summed E-state index contributed by atoms with van der Waals surface area (Å²) in [4.78, 5) is 56.5. The first kappa shape index (κ1) is 58.3. The Hall–Kier alpha value is -4.00. The van der Waals surface area contributed by atoms with Gasteiger partial charge in [-0.1, -0.05) is 32.9 Å². The topological polar surface area (TPSA) is 271 Å². The minimum Gasteiger partial charge on any atom is -0.459 e. The van der Waals surface area contributed by atoms with Gasteiger partial charge in [0.15, 0.2) is 18.4 Å². The molecule has 1 aromatic carbocycles. The fraction of sp³-hybridized carbons (Fsp3) is 0.769. The number of ketones is 2. The number of methoxy groups -OCH3 is 1. The van der Waals surface area contributed by atoms with Gasteiger partial charge in [-0.15, -0.1) is 5.10 Å². The number of nitrogens with zero attached hydrogens (tertiary/aromatic N) is 5. The van der Waals surface area contributed by atoms with E-state index in [0.29, 0.717) is 36.3 Å². The summed E-state index contributed by atoms with van der Waals surface area (Å²) in [6.45, 7) is 18.6. The summed E-state index contributed by atoms with van der Waals surface area (Å²) in [7, 11) is 3.33. The molecule has 0 saturated carbocycles. The number of carbonyl (C=O) groups excluding carboxylic acids is 4. The molecule has 4 aliphatic heterocycles. The summed E-state index contributed by atoms with van der Waals surface area (Å²) in [5, 5.41) is 67.9. The highest BCUT2D eigenvalue weighted by molar-refractivity contribution is 5.95. The Morgan fingerprint density at radius 2 is 1.59 bits per heavy atom. The van der Waals surface area contributed by atoms with Crippen LogP contribution in [0.15, 0.2) is 30.5 Å². The standard InChI is InChI=1S/C52H81N5O16/c1-14-39-52(11,66)44(61)29(4)41(59)27(2)22-50(9,65)46(30(5)43(31(6)47(63)71-39)72-40-23-51(10,67-13)45(62)33(8)69-40)73-48-42(60)38(21-28(3)68-48)55(12)20-19-35-24-56(54-53-35)25-37-26-57(49(64)70-37)36-17-15-34(16-18-36)32(7)58/h15-18,24,27-31,33,37-40,42-46,48,60-62,65-66H,14,19-23,25-26H2,1-13H3/t27-,28-,29+,30+,31-,33+,37+,38+,39-,40+,42-,43+,44-,45+,46-,48+,50-,51-,52-/m1/s1. The molecular formula is C52H81N5O16. The van der Waals surface area contributed by atoms with Crippen LogP contribution in [0, 0.1) is 23.7 Å². The predicted octanol–water partition coefficient (Wildman–Crippen LogP) is 3.22. The van der Waals surface area contributed by atoms with Crippen molar-refractivity contribution in [2.45, 2.75) is 205 Å². The predicted molar refractivity (Wildman–Crippen MR) is 263 cm³/mol. The van der Waals surface area contributed by atoms with Gasteiger partial charge in [0.25, 0.3) is 0 Å². The van der Waals surface area contributed by atoms with E-state index in [1.807, 2.05) is 18.9 Å². The number of carbonyl (C=O) groups is 4. The van der Waals surface area contributed by atoms with Crippen LogP contribution in [0.3, 0.4) is 0 Å². The normalized spacial score (nSPS) is 40.3. The highest BCUT2D eigenvalue weighted by atomic mass is 16.7. The number of aliphatic hydroxyl groups excluding tert-OH is 3. The molecule has 5 heterocycles. The highest BCUT2D eigenvalue weighted by Gasteiger charge is 2.54. The van der Waals surface area contributed by atoms with Gasteiger partial charge >= 0.3 is 12.1 Å². The van der Waals surface area contributed by atoms with Crippen LogP contribution in [0.1, 0.15) is 118 Å². The van der Waals surface area contributed by atoms with Crippen LogP contribution < -0.4 is 4.90 Å². The lowest BCUT2D eigenvalue weighted by atomic mass is 9.74. The zero-order chi connectivity index (χ0) is 54.1. The fourth-order valence-corrected chi connectivity index (χ4v) is 11.2. The number of amides is 1. The van der Waals surface area contributed by atoms with Gasteiger partial charge in [-0.05, 0) is 99.0 Å². The van der Waals surface area contributed by atoms with Gasteiger partial charge in [0.05, 0.1) is 66.4 Å². The van der Waals surface area contributed by atoms with Gasteiger partial charge in [0.2, 0.25) is 0 Å². The number of ether oxygens (including phenoxy) is 7. The van der Waals surface area contributed by atoms with Crippen molar-refractivity contribution in [1.82, 2.24) is 19.9 Å². The molecule has 1 aromatic heterocycles. The van der Waals surface area contributed by atoms with Gasteiger partial charge in [-0.3, -0.25) is 19.3 Å². The van der Waals surface area contributed by atoms with Crippen molar-refractivity contribution < 1.29 is 77.9 Å². The third-order valence-corrected chi connectivity index (χ3v) is 15.9. The molecule has 0 spiro atoms. The molecule has 6 rings (SSSR count). The third-order valence-electron chi connectivity index (χ3n) is 15.9. The van der Waals surface area contributed by atoms with E-state index < -0.39 is 132 Å². The van der Waals surface area contributed by atoms with Gasteiger partial charge in [-0.2, -0.15) is 0 Å². The van der Waals surface area contributed by atoms with Crippen LogP contribution in [-0.2, 0) is 55.7 Å². The maximum Gasteiger partial charge on any atom is 0.414 e. The van der Waals surface area contributed by atoms with Gasteiger partial charge < -0.3 is 63.6 Å². The molecule has 19 atom stereocenters. The third kappa shape index (κ3) is 13.0. The number of hydrogen-bond donors (Lipinski definition) is 5. The molecule has 73 heavy (non-hydrogen) atoms. The zero-order valence-corrected chi connectivity index (χ0v) is 44.7. The number of rotatable bonds is 14. The van der Waals surface area contributed by atoms with E-state index in [2.05, 4.69) is 10.3 Å². The van der Waals surface area contributed by atoms with Crippen LogP contribution in [0.4, 0.5) is 10.5 Å². The lowest BCUT2D eigenvalue weighted by Crippen LogP contribution is -2.61. The minimum absolute atomic E-state index is 0.0465. The summed E-state index contributed by atoms with van der Waals surface area (Å²) < 4.78 is 45.0. The SMILES string of the molecule is CC[C@H]1OC(=O)[C@H](C)[C@@H](O[C@H]2C[C@@](C)(OC)[C@@H](O)[C@H](C)O2)[C@H](C)[C@@H](O[C@@H]2O[C@H](C)C[C@H](N(C)CCc3cn(C[C@H]4CN(c5ccc(C(C)=O)cc5)C(=O)O4)nn3)[C@H]2O)[C@](C)(O)C[C@@H](C)C(=O)[C@H](C)[C@@H](O)[C@]1(C)O. The summed E-state index contributed by atoms with van der Waals surface area (Å²) in [5.74, 6) is -5.42. The number of esters is 1. The lowest BCUT2D eigenvalue weighted by Gasteiger charge is -2.49. The van der Waals surface area contributed by atoms with Gasteiger partial charge in [0, 0.05) is 67.7 Å². The van der Waals surface area contributed by atoms with Gasteiger partial charge in [-0.25, -0.2) is 9.48 Å². The number of Topliss-reactive ketones (excluding diaryl/α,β-unsaturated/α-hetero) is 2. The first-order chi connectivity index (χ1) is 34.1.